The number of rotatable bonds is 3. The van der Waals surface area contributed by atoms with Gasteiger partial charge in [0.25, 0.3) is 5.91 Å². The van der Waals surface area contributed by atoms with Gasteiger partial charge in [-0.1, -0.05) is 0 Å². The normalized spacial score (nSPS) is 15.1. The first-order chi connectivity index (χ1) is 11.7. The molecule has 25 heavy (non-hydrogen) atoms. The van der Waals surface area contributed by atoms with Crippen LogP contribution in [0.2, 0.25) is 0 Å². The van der Waals surface area contributed by atoms with Crippen molar-refractivity contribution < 1.29 is 14.3 Å². The largest absolute Gasteiger partial charge is 0.450 e. The summed E-state index contributed by atoms with van der Waals surface area (Å²) in [5, 5.41) is 2.91. The number of aromatic nitrogens is 2. The van der Waals surface area contributed by atoms with Gasteiger partial charge in [0.2, 0.25) is 5.95 Å². The van der Waals surface area contributed by atoms with Crippen molar-refractivity contribution >= 4 is 17.9 Å². The number of carbonyl (C=O) groups is 2. The Labute approximate surface area is 148 Å². The number of nitrogens with one attached hydrogen (secondary N) is 1. The van der Waals surface area contributed by atoms with Gasteiger partial charge in [-0.2, -0.15) is 0 Å². The molecule has 1 N–H and O–H groups in total. The second-order valence-corrected chi connectivity index (χ2v) is 7.07. The second kappa shape index (κ2) is 7.67. The van der Waals surface area contributed by atoms with Gasteiger partial charge in [0.15, 0.2) is 0 Å². The number of nitrogens with zero attached hydrogens (tertiary/aromatic N) is 4. The van der Waals surface area contributed by atoms with Crippen molar-refractivity contribution in [3.05, 3.63) is 17.5 Å². The van der Waals surface area contributed by atoms with Crippen LogP contribution in [-0.2, 0) is 4.74 Å². The fourth-order valence-electron chi connectivity index (χ4n) is 2.52. The number of anilines is 1. The second-order valence-electron chi connectivity index (χ2n) is 7.07. The third-order valence-corrected chi connectivity index (χ3v) is 3.65. The summed E-state index contributed by atoms with van der Waals surface area (Å²) < 4.78 is 5.02. The fraction of sp³-hybridized carbons (Fsp3) is 0.647. The van der Waals surface area contributed by atoms with E-state index < -0.39 is 0 Å². The molecule has 1 aromatic rings. The number of piperazine rings is 1. The van der Waals surface area contributed by atoms with Gasteiger partial charge in [-0.25, -0.2) is 14.8 Å². The number of ether oxygens (including phenoxy) is 1. The predicted octanol–water partition coefficient (Wildman–Crippen LogP) is 1.59. The fourth-order valence-corrected chi connectivity index (χ4v) is 2.52. The Hall–Kier alpha value is -2.38. The van der Waals surface area contributed by atoms with Gasteiger partial charge in [0.1, 0.15) is 5.69 Å². The predicted molar refractivity (Wildman–Crippen MR) is 94.8 cm³/mol. The molecule has 0 bridgehead atoms. The van der Waals surface area contributed by atoms with E-state index >= 15 is 0 Å². The Morgan fingerprint density at radius 3 is 2.40 bits per heavy atom. The summed E-state index contributed by atoms with van der Waals surface area (Å²) in [5.41, 5.74) is 0.753. The lowest BCUT2D eigenvalue weighted by molar-refractivity contribution is 0.0914. The summed E-state index contributed by atoms with van der Waals surface area (Å²) in [6, 6.07) is 1.68. The number of hydrogen-bond donors (Lipinski definition) is 1. The zero-order chi connectivity index (χ0) is 18.6. The van der Waals surface area contributed by atoms with E-state index in [0.29, 0.717) is 44.4 Å². The first kappa shape index (κ1) is 19.0. The molecule has 0 unspecified atom stereocenters. The van der Waals surface area contributed by atoms with Crippen LogP contribution in [0.3, 0.4) is 0 Å². The average molecular weight is 349 g/mol. The molecule has 138 valence electrons. The van der Waals surface area contributed by atoms with Crippen LogP contribution in [-0.4, -0.2) is 65.2 Å². The monoisotopic (exact) mass is 349 g/mol. The summed E-state index contributed by atoms with van der Waals surface area (Å²) in [7, 11) is 0. The van der Waals surface area contributed by atoms with Gasteiger partial charge < -0.3 is 19.9 Å². The van der Waals surface area contributed by atoms with Crippen molar-refractivity contribution in [1.82, 2.24) is 20.2 Å². The number of hydrogen-bond acceptors (Lipinski definition) is 6. The topological polar surface area (TPSA) is 87.7 Å². The lowest BCUT2D eigenvalue weighted by Crippen LogP contribution is -2.49. The summed E-state index contributed by atoms with van der Waals surface area (Å²) in [6.45, 7) is 12.1. The summed E-state index contributed by atoms with van der Waals surface area (Å²) in [6.07, 6.45) is -0.294. The quantitative estimate of drug-likeness (QED) is 0.892. The third kappa shape index (κ3) is 5.30. The molecule has 2 amide bonds. The molecular weight excluding hydrogens is 322 g/mol. The molecule has 0 spiro atoms. The SMILES string of the molecule is CCOC(=O)N1CCN(c2nc(C)cc(C(=O)NC(C)(C)C)n2)CC1. The van der Waals surface area contributed by atoms with E-state index in [0.717, 1.165) is 5.69 Å². The maximum atomic E-state index is 12.4. The van der Waals surface area contributed by atoms with Crippen LogP contribution < -0.4 is 10.2 Å². The van der Waals surface area contributed by atoms with E-state index in [-0.39, 0.29) is 17.5 Å². The maximum Gasteiger partial charge on any atom is 0.409 e. The van der Waals surface area contributed by atoms with Crippen molar-refractivity contribution in [2.75, 3.05) is 37.7 Å². The van der Waals surface area contributed by atoms with E-state index in [1.54, 1.807) is 17.9 Å². The molecule has 0 saturated carbocycles. The van der Waals surface area contributed by atoms with E-state index in [2.05, 4.69) is 15.3 Å². The molecule has 8 heteroatoms. The molecule has 2 rings (SSSR count). The maximum absolute atomic E-state index is 12.4. The van der Waals surface area contributed by atoms with Crippen LogP contribution in [0, 0.1) is 6.92 Å². The van der Waals surface area contributed by atoms with Gasteiger partial charge in [-0.3, -0.25) is 4.79 Å². The number of amides is 2. The van der Waals surface area contributed by atoms with E-state index in [9.17, 15) is 9.59 Å². The van der Waals surface area contributed by atoms with Crippen molar-refractivity contribution in [2.45, 2.75) is 40.2 Å². The summed E-state index contributed by atoms with van der Waals surface area (Å²) in [5.74, 6) is 0.298. The Morgan fingerprint density at radius 1 is 1.20 bits per heavy atom. The van der Waals surface area contributed by atoms with Gasteiger partial charge >= 0.3 is 6.09 Å². The van der Waals surface area contributed by atoms with E-state index in [1.165, 1.54) is 0 Å². The van der Waals surface area contributed by atoms with Gasteiger partial charge in [-0.15, -0.1) is 0 Å². The molecule has 1 aromatic heterocycles. The van der Waals surface area contributed by atoms with Crippen molar-refractivity contribution in [1.29, 1.82) is 0 Å². The number of carbonyl (C=O) groups excluding carboxylic acids is 2. The van der Waals surface area contributed by atoms with Gasteiger partial charge in [0.05, 0.1) is 6.61 Å². The zero-order valence-electron chi connectivity index (χ0n) is 15.6. The standard InChI is InChI=1S/C17H27N5O3/c1-6-25-16(24)22-9-7-21(8-10-22)15-18-12(2)11-13(19-15)14(23)20-17(3,4)5/h11H,6-10H2,1-5H3,(H,20,23). The Kier molecular flexibility index (Phi) is 5.81. The number of aryl methyl sites for hydroxylation is 1. The van der Waals surface area contributed by atoms with Crippen molar-refractivity contribution in [3.63, 3.8) is 0 Å². The minimum atomic E-state index is -0.332. The minimum Gasteiger partial charge on any atom is -0.450 e. The molecule has 2 heterocycles. The van der Waals surface area contributed by atoms with Crippen LogP contribution in [0.1, 0.15) is 43.9 Å². The molecule has 0 aliphatic carbocycles. The van der Waals surface area contributed by atoms with E-state index in [1.807, 2.05) is 32.6 Å². The highest BCUT2D eigenvalue weighted by Gasteiger charge is 2.25. The molecule has 0 radical (unpaired) electrons. The first-order valence-electron chi connectivity index (χ1n) is 8.54. The lowest BCUT2D eigenvalue weighted by Gasteiger charge is -2.34. The highest BCUT2D eigenvalue weighted by molar-refractivity contribution is 5.93. The average Bonchev–Trinajstić information content (AvgIpc) is 2.53. The van der Waals surface area contributed by atoms with Gasteiger partial charge in [0, 0.05) is 37.4 Å². The van der Waals surface area contributed by atoms with Crippen molar-refractivity contribution in [2.24, 2.45) is 0 Å². The molecular formula is C17H27N5O3. The third-order valence-electron chi connectivity index (χ3n) is 3.65. The van der Waals surface area contributed by atoms with E-state index in [4.69, 9.17) is 4.74 Å². The zero-order valence-corrected chi connectivity index (χ0v) is 15.6. The van der Waals surface area contributed by atoms with Crippen LogP contribution in [0.25, 0.3) is 0 Å². The van der Waals surface area contributed by atoms with Crippen LogP contribution in [0.4, 0.5) is 10.7 Å². The van der Waals surface area contributed by atoms with Crippen LogP contribution >= 0.6 is 0 Å². The molecule has 8 nitrogen and oxygen atoms in total. The highest BCUT2D eigenvalue weighted by atomic mass is 16.6. The molecule has 1 aliphatic heterocycles. The Bertz CT molecular complexity index is 634. The highest BCUT2D eigenvalue weighted by Crippen LogP contribution is 2.14. The van der Waals surface area contributed by atoms with Gasteiger partial charge in [-0.05, 0) is 40.7 Å². The molecule has 0 atom stereocenters. The Morgan fingerprint density at radius 2 is 1.84 bits per heavy atom. The Balaban J connectivity index is 2.08. The summed E-state index contributed by atoms with van der Waals surface area (Å²) in [4.78, 5) is 36.7. The molecule has 1 fully saturated rings. The van der Waals surface area contributed by atoms with Crippen molar-refractivity contribution in [3.8, 4) is 0 Å². The smallest absolute Gasteiger partial charge is 0.409 e. The lowest BCUT2D eigenvalue weighted by atomic mass is 10.1. The molecule has 0 aromatic carbocycles. The van der Waals surface area contributed by atoms with Crippen LogP contribution in [0.15, 0.2) is 6.07 Å². The first-order valence-corrected chi connectivity index (χ1v) is 8.54. The summed E-state index contributed by atoms with van der Waals surface area (Å²) >= 11 is 0. The molecule has 1 saturated heterocycles. The van der Waals surface area contributed by atoms with Crippen LogP contribution in [0.5, 0.6) is 0 Å². The molecule has 1 aliphatic rings. The minimum absolute atomic E-state index is 0.218.